The number of hydrogen-bond acceptors (Lipinski definition) is 6. The molecule has 5 rings (SSSR count). The van der Waals surface area contributed by atoms with Crippen LogP contribution in [0.1, 0.15) is 34.3 Å². The first-order valence-electron chi connectivity index (χ1n) is 11.1. The van der Waals surface area contributed by atoms with E-state index in [1.165, 1.54) is 17.4 Å². The highest BCUT2D eigenvalue weighted by atomic mass is 16.5. The zero-order valence-electron chi connectivity index (χ0n) is 19.0. The normalized spacial score (nSPS) is 17.2. The van der Waals surface area contributed by atoms with Crippen molar-refractivity contribution in [1.82, 2.24) is 4.90 Å². The Bertz CT molecular complexity index is 1370. The third-order valence-corrected chi connectivity index (χ3v) is 6.04. The van der Waals surface area contributed by atoms with E-state index in [0.717, 1.165) is 11.1 Å². The summed E-state index contributed by atoms with van der Waals surface area (Å²) in [5.74, 6) is -0.297. The van der Waals surface area contributed by atoms with Crippen LogP contribution in [0.2, 0.25) is 0 Å². The zero-order valence-corrected chi connectivity index (χ0v) is 19.0. The summed E-state index contributed by atoms with van der Waals surface area (Å²) in [4.78, 5) is 27.3. The molecule has 0 spiro atoms. The van der Waals surface area contributed by atoms with Crippen molar-refractivity contribution >= 4 is 17.4 Å². The molecule has 7 nitrogen and oxygen atoms in total. The molecule has 1 atom stereocenters. The lowest BCUT2D eigenvalue weighted by atomic mass is 9.99. The van der Waals surface area contributed by atoms with Crippen LogP contribution in [0.4, 0.5) is 0 Å². The maximum atomic E-state index is 13.0. The topological polar surface area (TPSA) is 93.1 Å². The number of benzene rings is 2. The summed E-state index contributed by atoms with van der Waals surface area (Å²) >= 11 is 0. The Labute approximate surface area is 201 Å². The number of hydrogen-bond donors (Lipinski definition) is 1. The van der Waals surface area contributed by atoms with Crippen molar-refractivity contribution < 1.29 is 28.3 Å². The van der Waals surface area contributed by atoms with Gasteiger partial charge in [-0.15, -0.1) is 0 Å². The molecule has 1 fully saturated rings. The molecule has 0 radical (unpaired) electrons. The lowest BCUT2D eigenvalue weighted by molar-refractivity contribution is -0.140. The van der Waals surface area contributed by atoms with Gasteiger partial charge in [0.15, 0.2) is 0 Å². The zero-order chi connectivity index (χ0) is 24.4. The largest absolute Gasteiger partial charge is 0.507 e. The summed E-state index contributed by atoms with van der Waals surface area (Å²) < 4.78 is 16.8. The van der Waals surface area contributed by atoms with Crippen LogP contribution in [-0.2, 0) is 22.7 Å². The van der Waals surface area contributed by atoms with E-state index in [0.29, 0.717) is 29.4 Å². The van der Waals surface area contributed by atoms with Crippen molar-refractivity contribution in [3.8, 4) is 5.75 Å². The highest BCUT2D eigenvalue weighted by Crippen LogP contribution is 2.40. The molecule has 0 bridgehead atoms. The van der Waals surface area contributed by atoms with Crippen LogP contribution in [0.15, 0.2) is 99.7 Å². The number of Topliss-reactive ketones (excluding diaryl/α,β-unsaturated/α-hetero) is 1. The molecule has 1 amide bonds. The van der Waals surface area contributed by atoms with E-state index in [9.17, 15) is 14.7 Å². The SMILES string of the molecule is Cc1ccccc1COc1ccc(/C(O)=C2\C(=O)C(=O)N(Cc3ccco3)C2c2ccco2)cc1. The quantitative estimate of drug-likeness (QED) is 0.222. The van der Waals surface area contributed by atoms with E-state index >= 15 is 0 Å². The number of ketones is 1. The van der Waals surface area contributed by atoms with Gasteiger partial charge in [0.2, 0.25) is 0 Å². The number of aliphatic hydroxyl groups is 1. The van der Waals surface area contributed by atoms with Gasteiger partial charge < -0.3 is 23.6 Å². The molecule has 1 unspecified atom stereocenters. The molecule has 4 aromatic rings. The van der Waals surface area contributed by atoms with Crippen molar-refractivity contribution in [3.05, 3.63) is 119 Å². The van der Waals surface area contributed by atoms with E-state index < -0.39 is 17.7 Å². The highest BCUT2D eigenvalue weighted by Gasteiger charge is 2.47. The van der Waals surface area contributed by atoms with Crippen molar-refractivity contribution in [2.24, 2.45) is 0 Å². The van der Waals surface area contributed by atoms with Gasteiger partial charge in [0.1, 0.15) is 35.7 Å². The molecule has 1 N–H and O–H groups in total. The number of likely N-dealkylation sites (tertiary alicyclic amines) is 1. The summed E-state index contributed by atoms with van der Waals surface area (Å²) in [5, 5.41) is 11.1. The monoisotopic (exact) mass is 469 g/mol. The Morgan fingerprint density at radius 1 is 0.943 bits per heavy atom. The first-order chi connectivity index (χ1) is 17.0. The average molecular weight is 469 g/mol. The molecule has 176 valence electrons. The number of nitrogens with zero attached hydrogens (tertiary/aromatic N) is 1. The van der Waals surface area contributed by atoms with Crippen LogP contribution < -0.4 is 4.74 Å². The predicted octanol–water partition coefficient (Wildman–Crippen LogP) is 5.38. The van der Waals surface area contributed by atoms with Crippen molar-refractivity contribution in [2.45, 2.75) is 26.1 Å². The van der Waals surface area contributed by atoms with Crippen LogP contribution in [0.5, 0.6) is 5.75 Å². The minimum Gasteiger partial charge on any atom is -0.507 e. The van der Waals surface area contributed by atoms with Crippen LogP contribution in [-0.4, -0.2) is 21.7 Å². The lowest BCUT2D eigenvalue weighted by Crippen LogP contribution is -2.28. The number of carbonyl (C=O) groups is 2. The number of carbonyl (C=O) groups excluding carboxylic acids is 2. The van der Waals surface area contributed by atoms with Gasteiger partial charge in [0.05, 0.1) is 24.6 Å². The van der Waals surface area contributed by atoms with Crippen molar-refractivity contribution in [3.63, 3.8) is 0 Å². The van der Waals surface area contributed by atoms with Crippen LogP contribution in [0.25, 0.3) is 5.76 Å². The summed E-state index contributed by atoms with van der Waals surface area (Å²) in [6, 6.07) is 20.6. The standard InChI is InChI=1S/C28H23NO6/c1-18-6-2-3-7-20(18)17-35-21-12-10-19(11-13-21)26(30)24-25(23-9-5-15-34-23)29(28(32)27(24)31)16-22-8-4-14-33-22/h2-15,25,30H,16-17H2,1H3/b26-24+. The van der Waals surface area contributed by atoms with Crippen molar-refractivity contribution in [1.29, 1.82) is 0 Å². The Kier molecular flexibility index (Phi) is 5.97. The fourth-order valence-corrected chi connectivity index (χ4v) is 4.15. The number of furan rings is 2. The first kappa shape index (κ1) is 22.3. The molecule has 1 saturated heterocycles. The number of amides is 1. The molecule has 0 aliphatic carbocycles. The van der Waals surface area contributed by atoms with Gasteiger partial charge in [-0.1, -0.05) is 24.3 Å². The Balaban J connectivity index is 1.44. The van der Waals surface area contributed by atoms with Crippen LogP contribution in [0.3, 0.4) is 0 Å². The Morgan fingerprint density at radius 2 is 1.69 bits per heavy atom. The van der Waals surface area contributed by atoms with Gasteiger partial charge in [-0.3, -0.25) is 9.59 Å². The molecular formula is C28H23NO6. The molecule has 1 aliphatic heterocycles. The molecule has 3 heterocycles. The lowest BCUT2D eigenvalue weighted by Gasteiger charge is -2.22. The molecule has 2 aromatic heterocycles. The van der Waals surface area contributed by atoms with Gasteiger partial charge in [-0.2, -0.15) is 0 Å². The van der Waals surface area contributed by atoms with E-state index in [4.69, 9.17) is 13.6 Å². The molecule has 1 aliphatic rings. The van der Waals surface area contributed by atoms with Gasteiger partial charge in [0, 0.05) is 5.56 Å². The second-order valence-corrected chi connectivity index (χ2v) is 8.26. The smallest absolute Gasteiger partial charge is 0.296 e. The molecule has 35 heavy (non-hydrogen) atoms. The van der Waals surface area contributed by atoms with Gasteiger partial charge in [-0.05, 0) is 66.6 Å². The minimum atomic E-state index is -0.882. The Hall–Kier alpha value is -4.52. The molecule has 0 saturated carbocycles. The first-order valence-corrected chi connectivity index (χ1v) is 11.1. The minimum absolute atomic E-state index is 0.0370. The van der Waals surface area contributed by atoms with Crippen LogP contribution in [0, 0.1) is 6.92 Å². The molecular weight excluding hydrogens is 446 g/mol. The number of aliphatic hydroxyl groups excluding tert-OH is 1. The Morgan fingerprint density at radius 3 is 2.37 bits per heavy atom. The van der Waals surface area contributed by atoms with E-state index in [1.807, 2.05) is 31.2 Å². The van der Waals surface area contributed by atoms with E-state index in [2.05, 4.69) is 0 Å². The maximum absolute atomic E-state index is 13.0. The third kappa shape index (κ3) is 4.36. The second-order valence-electron chi connectivity index (χ2n) is 8.26. The third-order valence-electron chi connectivity index (χ3n) is 6.04. The highest BCUT2D eigenvalue weighted by molar-refractivity contribution is 6.46. The molecule has 7 heteroatoms. The second kappa shape index (κ2) is 9.38. The fourth-order valence-electron chi connectivity index (χ4n) is 4.15. The molecule has 2 aromatic carbocycles. The number of rotatable bonds is 7. The number of aryl methyl sites for hydroxylation is 1. The fraction of sp³-hybridized carbons (Fsp3) is 0.143. The van der Waals surface area contributed by atoms with Gasteiger partial charge in [-0.25, -0.2) is 0 Å². The van der Waals surface area contributed by atoms with Gasteiger partial charge >= 0.3 is 0 Å². The summed E-state index contributed by atoms with van der Waals surface area (Å²) in [6.45, 7) is 2.50. The van der Waals surface area contributed by atoms with Gasteiger partial charge in [0.25, 0.3) is 11.7 Å². The predicted molar refractivity (Wildman–Crippen MR) is 127 cm³/mol. The maximum Gasteiger partial charge on any atom is 0.296 e. The van der Waals surface area contributed by atoms with E-state index in [-0.39, 0.29) is 17.9 Å². The number of ether oxygens (including phenoxy) is 1. The summed E-state index contributed by atoms with van der Waals surface area (Å²) in [5.41, 5.74) is 2.57. The van der Waals surface area contributed by atoms with Crippen molar-refractivity contribution in [2.75, 3.05) is 0 Å². The summed E-state index contributed by atoms with van der Waals surface area (Å²) in [7, 11) is 0. The average Bonchev–Trinajstić information content (AvgIpc) is 3.63. The van der Waals surface area contributed by atoms with Crippen LogP contribution >= 0.6 is 0 Å². The van der Waals surface area contributed by atoms with E-state index in [1.54, 1.807) is 48.5 Å². The summed E-state index contributed by atoms with van der Waals surface area (Å²) in [6.07, 6.45) is 2.96.